The van der Waals surface area contributed by atoms with Crippen LogP contribution in [0.4, 0.5) is 0 Å². The number of quaternary nitrogens is 1. The molecule has 0 saturated heterocycles. The van der Waals surface area contributed by atoms with Crippen LogP contribution in [0.25, 0.3) is 0 Å². The maximum atomic E-state index is 12.7. The number of carbonyl (C=O) groups excluding carboxylic acids is 2. The van der Waals surface area contributed by atoms with Crippen molar-refractivity contribution in [3.63, 3.8) is 0 Å². The molecular formula is C52H97NO8P+. The summed E-state index contributed by atoms with van der Waals surface area (Å²) in [7, 11) is 1.44. The van der Waals surface area contributed by atoms with Crippen LogP contribution < -0.4 is 0 Å². The molecule has 0 aromatic heterocycles. The number of carbonyl (C=O) groups is 2. The molecule has 0 aliphatic heterocycles. The maximum absolute atomic E-state index is 12.7. The summed E-state index contributed by atoms with van der Waals surface area (Å²) in [5.41, 5.74) is 0. The average Bonchev–Trinajstić information content (AvgIpc) is 3.23. The van der Waals surface area contributed by atoms with Crippen molar-refractivity contribution in [2.24, 2.45) is 0 Å². The molecule has 1 N–H and O–H groups in total. The fourth-order valence-corrected chi connectivity index (χ4v) is 7.57. The Morgan fingerprint density at radius 2 is 0.903 bits per heavy atom. The average molecular weight is 895 g/mol. The number of hydrogen-bond donors (Lipinski definition) is 1. The molecule has 10 heteroatoms. The number of nitrogens with zero attached hydrogens (tertiary/aromatic N) is 1. The van der Waals surface area contributed by atoms with Gasteiger partial charge in [0.1, 0.15) is 19.8 Å². The summed E-state index contributed by atoms with van der Waals surface area (Å²) in [6.45, 7) is 4.35. The molecule has 0 heterocycles. The Kier molecular flexibility index (Phi) is 42.7. The second-order valence-electron chi connectivity index (χ2n) is 18.2. The Labute approximate surface area is 382 Å². The lowest BCUT2D eigenvalue weighted by Crippen LogP contribution is -2.37. The molecule has 0 radical (unpaired) electrons. The van der Waals surface area contributed by atoms with E-state index in [1.165, 1.54) is 128 Å². The van der Waals surface area contributed by atoms with Crippen LogP contribution in [0.2, 0.25) is 0 Å². The summed E-state index contributed by atoms with van der Waals surface area (Å²) in [6.07, 6.45) is 53.3. The topological polar surface area (TPSA) is 108 Å². The molecule has 62 heavy (non-hydrogen) atoms. The zero-order valence-electron chi connectivity index (χ0n) is 40.9. The maximum Gasteiger partial charge on any atom is 0.472 e. The molecule has 0 rings (SSSR count). The van der Waals surface area contributed by atoms with Crippen LogP contribution in [0, 0.1) is 0 Å². The number of likely N-dealkylation sites (N-methyl/N-ethyl adjacent to an activating group) is 1. The van der Waals surface area contributed by atoms with E-state index in [1.807, 2.05) is 21.1 Å². The van der Waals surface area contributed by atoms with Crippen LogP contribution in [0.1, 0.15) is 219 Å². The van der Waals surface area contributed by atoms with E-state index >= 15 is 0 Å². The van der Waals surface area contributed by atoms with Gasteiger partial charge in [0.15, 0.2) is 6.10 Å². The quantitative estimate of drug-likeness (QED) is 0.0212. The first-order valence-electron chi connectivity index (χ1n) is 25.4. The highest BCUT2D eigenvalue weighted by Gasteiger charge is 2.27. The van der Waals surface area contributed by atoms with Crippen molar-refractivity contribution in [3.8, 4) is 0 Å². The molecule has 0 aromatic carbocycles. The molecule has 0 aromatic rings. The number of allylic oxidation sites excluding steroid dienone is 8. The lowest BCUT2D eigenvalue weighted by molar-refractivity contribution is -0.870. The Bertz CT molecular complexity index is 1190. The number of unbranched alkanes of at least 4 members (excludes halogenated alkanes) is 24. The van der Waals surface area contributed by atoms with E-state index in [0.29, 0.717) is 23.9 Å². The van der Waals surface area contributed by atoms with Crippen molar-refractivity contribution >= 4 is 19.8 Å². The standard InChI is InChI=1S/C52H96NO8P/c1-6-8-10-12-14-16-18-20-22-23-24-25-26-27-28-29-31-32-34-36-38-40-42-44-51(54)58-48-50(49-60-62(56,57)59-47-46-53(3,4)5)61-52(55)45-43-41-39-37-35-33-30-21-19-17-15-13-11-9-7-2/h21,29-31,35-38,50H,6-20,22-28,32-34,39-49H2,1-5H3/p+1/b30-21+,31-29+,37-35+,38-36+/t50-/m0/s1. The highest BCUT2D eigenvalue weighted by molar-refractivity contribution is 7.47. The fraction of sp³-hybridized carbons (Fsp3) is 0.808. The summed E-state index contributed by atoms with van der Waals surface area (Å²) in [4.78, 5) is 35.4. The first-order chi connectivity index (χ1) is 30.0. The second kappa shape index (κ2) is 44.2. The summed E-state index contributed by atoms with van der Waals surface area (Å²) in [5.74, 6) is -0.883. The molecule has 0 amide bonds. The molecule has 2 atom stereocenters. The lowest BCUT2D eigenvalue weighted by atomic mass is 10.0. The SMILES string of the molecule is CCCCCCCC/C=C/C/C=C/CCCCC(=O)O[C@@H](COC(=O)CCC/C=C/CC/C=C/CCCCCCCCCCCCCCCC)COP(=O)(O)OCC[N+](C)(C)C. The van der Waals surface area contributed by atoms with Gasteiger partial charge in [0.2, 0.25) is 0 Å². The molecular weight excluding hydrogens is 798 g/mol. The van der Waals surface area contributed by atoms with E-state index in [0.717, 1.165) is 51.4 Å². The van der Waals surface area contributed by atoms with Crippen LogP contribution in [-0.2, 0) is 32.7 Å². The van der Waals surface area contributed by atoms with Crippen molar-refractivity contribution in [1.29, 1.82) is 0 Å². The van der Waals surface area contributed by atoms with Crippen molar-refractivity contribution < 1.29 is 42.1 Å². The minimum absolute atomic E-state index is 0.0192. The van der Waals surface area contributed by atoms with Crippen molar-refractivity contribution in [2.45, 2.75) is 225 Å². The number of ether oxygens (including phenoxy) is 2. The Morgan fingerprint density at radius 3 is 1.39 bits per heavy atom. The van der Waals surface area contributed by atoms with E-state index in [2.05, 4.69) is 62.5 Å². The van der Waals surface area contributed by atoms with Gasteiger partial charge in [-0.2, -0.15) is 0 Å². The van der Waals surface area contributed by atoms with Gasteiger partial charge in [-0.25, -0.2) is 4.57 Å². The minimum Gasteiger partial charge on any atom is -0.462 e. The summed E-state index contributed by atoms with van der Waals surface area (Å²) >= 11 is 0. The molecule has 0 aliphatic rings. The Balaban J connectivity index is 4.32. The summed E-state index contributed by atoms with van der Waals surface area (Å²) in [6, 6.07) is 0. The van der Waals surface area contributed by atoms with Gasteiger partial charge in [-0.3, -0.25) is 18.6 Å². The van der Waals surface area contributed by atoms with Gasteiger partial charge in [0.25, 0.3) is 0 Å². The van der Waals surface area contributed by atoms with E-state index in [1.54, 1.807) is 0 Å². The molecule has 1 unspecified atom stereocenters. The minimum atomic E-state index is -4.40. The molecule has 0 spiro atoms. The van der Waals surface area contributed by atoms with Crippen LogP contribution in [0.3, 0.4) is 0 Å². The Hall–Kier alpha value is -2.03. The largest absolute Gasteiger partial charge is 0.472 e. The molecule has 0 fully saturated rings. The molecule has 362 valence electrons. The zero-order valence-corrected chi connectivity index (χ0v) is 41.7. The van der Waals surface area contributed by atoms with E-state index < -0.39 is 32.5 Å². The smallest absolute Gasteiger partial charge is 0.462 e. The summed E-state index contributed by atoms with van der Waals surface area (Å²) < 4.78 is 34.3. The third-order valence-corrected chi connectivity index (χ3v) is 11.8. The lowest BCUT2D eigenvalue weighted by Gasteiger charge is -2.24. The van der Waals surface area contributed by atoms with E-state index in [9.17, 15) is 19.0 Å². The molecule has 0 saturated carbocycles. The summed E-state index contributed by atoms with van der Waals surface area (Å²) in [5, 5.41) is 0. The number of esters is 2. The monoisotopic (exact) mass is 895 g/mol. The zero-order chi connectivity index (χ0) is 45.7. The molecule has 0 bridgehead atoms. The van der Waals surface area contributed by atoms with Gasteiger partial charge in [0.05, 0.1) is 27.7 Å². The number of phosphoric ester groups is 1. The molecule has 9 nitrogen and oxygen atoms in total. The van der Waals surface area contributed by atoms with Crippen molar-refractivity contribution in [2.75, 3.05) is 47.5 Å². The van der Waals surface area contributed by atoms with Crippen molar-refractivity contribution in [1.82, 2.24) is 0 Å². The second-order valence-corrected chi connectivity index (χ2v) is 19.6. The number of hydrogen-bond acceptors (Lipinski definition) is 7. The third kappa shape index (κ3) is 47.4. The van der Waals surface area contributed by atoms with Crippen LogP contribution in [0.5, 0.6) is 0 Å². The van der Waals surface area contributed by atoms with Crippen LogP contribution >= 0.6 is 7.82 Å². The van der Waals surface area contributed by atoms with Crippen molar-refractivity contribution in [3.05, 3.63) is 48.6 Å². The number of rotatable bonds is 46. The first-order valence-corrected chi connectivity index (χ1v) is 26.9. The highest BCUT2D eigenvalue weighted by atomic mass is 31.2. The van der Waals surface area contributed by atoms with Crippen LogP contribution in [0.15, 0.2) is 48.6 Å². The third-order valence-electron chi connectivity index (χ3n) is 10.8. The van der Waals surface area contributed by atoms with Gasteiger partial charge in [-0.05, 0) is 77.0 Å². The predicted molar refractivity (Wildman–Crippen MR) is 261 cm³/mol. The fourth-order valence-electron chi connectivity index (χ4n) is 6.83. The highest BCUT2D eigenvalue weighted by Crippen LogP contribution is 2.43. The molecule has 0 aliphatic carbocycles. The predicted octanol–water partition coefficient (Wildman–Crippen LogP) is 15.0. The normalized spacial score (nSPS) is 13.8. The first kappa shape index (κ1) is 60.0. The van der Waals surface area contributed by atoms with Gasteiger partial charge < -0.3 is 18.9 Å². The van der Waals surface area contributed by atoms with Gasteiger partial charge >= 0.3 is 19.8 Å². The van der Waals surface area contributed by atoms with Gasteiger partial charge in [-0.15, -0.1) is 0 Å². The van der Waals surface area contributed by atoms with Crippen LogP contribution in [-0.4, -0.2) is 74.9 Å². The van der Waals surface area contributed by atoms with Gasteiger partial charge in [0, 0.05) is 12.8 Å². The number of phosphoric acid groups is 1. The van der Waals surface area contributed by atoms with Gasteiger partial charge in [-0.1, -0.05) is 178 Å². The Morgan fingerprint density at radius 1 is 0.500 bits per heavy atom. The van der Waals surface area contributed by atoms with E-state index in [4.69, 9.17) is 18.5 Å². The van der Waals surface area contributed by atoms with E-state index in [-0.39, 0.29) is 26.1 Å².